The predicted molar refractivity (Wildman–Crippen MR) is 53.9 cm³/mol. The third-order valence-electron chi connectivity index (χ3n) is 1.91. The molecule has 2 aromatic rings. The molecule has 0 aliphatic rings. The van der Waals surface area contributed by atoms with Crippen LogP contribution in [-0.4, -0.2) is 6.29 Å². The van der Waals surface area contributed by atoms with Gasteiger partial charge in [-0.2, -0.15) is 0 Å². The average Bonchev–Trinajstić information content (AvgIpc) is 2.63. The van der Waals surface area contributed by atoms with Gasteiger partial charge in [0.2, 0.25) is 0 Å². The van der Waals surface area contributed by atoms with E-state index in [9.17, 15) is 4.79 Å². The first-order chi connectivity index (χ1) is 6.31. The van der Waals surface area contributed by atoms with E-state index in [0.717, 1.165) is 22.8 Å². The Labute approximate surface area is 83.7 Å². The Morgan fingerprint density at radius 1 is 1.38 bits per heavy atom. The summed E-state index contributed by atoms with van der Waals surface area (Å²) in [6, 6.07) is 7.55. The maximum atomic E-state index is 10.5. The molecule has 0 radical (unpaired) electrons. The fourth-order valence-electron chi connectivity index (χ4n) is 1.24. The Morgan fingerprint density at radius 3 is 3.00 bits per heavy atom. The molecule has 13 heavy (non-hydrogen) atoms. The number of rotatable bonds is 2. The topological polar surface area (TPSA) is 30.2 Å². The zero-order valence-corrected chi connectivity index (χ0v) is 8.32. The van der Waals surface area contributed by atoms with Crippen LogP contribution in [0.3, 0.4) is 0 Å². The number of carbonyl (C=O) groups is 1. The normalized spacial score (nSPS) is 13.0. The molecule has 1 heterocycles. The first-order valence-corrected chi connectivity index (χ1v) is 4.79. The van der Waals surface area contributed by atoms with Crippen LogP contribution in [0.5, 0.6) is 0 Å². The zero-order chi connectivity index (χ0) is 9.26. The molecule has 3 heteroatoms. The molecule has 0 aliphatic heterocycles. The fourth-order valence-corrected chi connectivity index (χ4v) is 1.52. The summed E-state index contributed by atoms with van der Waals surface area (Å²) in [6.07, 6.45) is 2.50. The van der Waals surface area contributed by atoms with Crippen molar-refractivity contribution in [1.82, 2.24) is 0 Å². The van der Waals surface area contributed by atoms with Crippen molar-refractivity contribution in [3.8, 4) is 0 Å². The van der Waals surface area contributed by atoms with Crippen molar-refractivity contribution in [2.75, 3.05) is 0 Å². The zero-order valence-electron chi connectivity index (χ0n) is 6.74. The first-order valence-electron chi connectivity index (χ1n) is 3.88. The quantitative estimate of drug-likeness (QED) is 0.595. The van der Waals surface area contributed by atoms with Crippen LogP contribution in [-0.2, 0) is 4.79 Å². The van der Waals surface area contributed by atoms with Gasteiger partial charge in [-0.1, -0.05) is 22.0 Å². The SMILES string of the molecule is O=CC(Br)c1ccc2occc2c1. The molecular weight excluding hydrogens is 232 g/mol. The lowest BCUT2D eigenvalue weighted by atomic mass is 10.1. The third-order valence-corrected chi connectivity index (χ3v) is 2.66. The molecule has 1 unspecified atom stereocenters. The summed E-state index contributed by atoms with van der Waals surface area (Å²) in [5.74, 6) is 0. The van der Waals surface area contributed by atoms with Crippen molar-refractivity contribution in [2.45, 2.75) is 4.83 Å². The molecule has 0 N–H and O–H groups in total. The van der Waals surface area contributed by atoms with Crippen molar-refractivity contribution in [3.63, 3.8) is 0 Å². The van der Waals surface area contributed by atoms with E-state index in [2.05, 4.69) is 15.9 Å². The van der Waals surface area contributed by atoms with Crippen molar-refractivity contribution in [3.05, 3.63) is 36.1 Å². The molecule has 0 bridgehead atoms. The fraction of sp³-hybridized carbons (Fsp3) is 0.100. The van der Waals surface area contributed by atoms with Gasteiger partial charge in [0.15, 0.2) is 0 Å². The number of hydrogen-bond acceptors (Lipinski definition) is 2. The molecule has 2 nitrogen and oxygen atoms in total. The van der Waals surface area contributed by atoms with E-state index >= 15 is 0 Å². The van der Waals surface area contributed by atoms with Crippen LogP contribution in [0, 0.1) is 0 Å². The Balaban J connectivity index is 2.53. The largest absolute Gasteiger partial charge is 0.464 e. The number of furan rings is 1. The van der Waals surface area contributed by atoms with E-state index in [4.69, 9.17) is 4.42 Å². The van der Waals surface area contributed by atoms with Crippen LogP contribution in [0.4, 0.5) is 0 Å². The van der Waals surface area contributed by atoms with Crippen LogP contribution in [0.2, 0.25) is 0 Å². The third kappa shape index (κ3) is 1.52. The Hall–Kier alpha value is -1.09. The summed E-state index contributed by atoms with van der Waals surface area (Å²) in [5.41, 5.74) is 1.79. The molecule has 0 spiro atoms. The van der Waals surface area contributed by atoms with Crippen molar-refractivity contribution < 1.29 is 9.21 Å². The van der Waals surface area contributed by atoms with Gasteiger partial charge in [0.05, 0.1) is 11.1 Å². The smallest absolute Gasteiger partial charge is 0.138 e. The van der Waals surface area contributed by atoms with E-state index in [1.54, 1.807) is 6.26 Å². The van der Waals surface area contributed by atoms with Gasteiger partial charge >= 0.3 is 0 Å². The molecule has 1 aromatic carbocycles. The highest BCUT2D eigenvalue weighted by atomic mass is 79.9. The summed E-state index contributed by atoms with van der Waals surface area (Å²) in [7, 11) is 0. The van der Waals surface area contributed by atoms with Gasteiger partial charge in [0.25, 0.3) is 0 Å². The second-order valence-corrected chi connectivity index (χ2v) is 3.74. The van der Waals surface area contributed by atoms with Gasteiger partial charge in [-0.15, -0.1) is 0 Å². The molecule has 66 valence electrons. The molecular formula is C10H7BrO2. The van der Waals surface area contributed by atoms with Crippen molar-refractivity contribution >= 4 is 33.2 Å². The van der Waals surface area contributed by atoms with Gasteiger partial charge in [0, 0.05) is 5.39 Å². The number of benzene rings is 1. The molecule has 1 aromatic heterocycles. The second kappa shape index (κ2) is 3.34. The number of fused-ring (bicyclic) bond motifs is 1. The van der Waals surface area contributed by atoms with Gasteiger partial charge < -0.3 is 9.21 Å². The van der Waals surface area contributed by atoms with Crippen LogP contribution >= 0.6 is 15.9 Å². The van der Waals surface area contributed by atoms with E-state index in [1.807, 2.05) is 24.3 Å². The van der Waals surface area contributed by atoms with E-state index in [-0.39, 0.29) is 4.83 Å². The minimum absolute atomic E-state index is 0.230. The lowest BCUT2D eigenvalue weighted by molar-refractivity contribution is -0.107. The lowest BCUT2D eigenvalue weighted by Crippen LogP contribution is -1.89. The monoisotopic (exact) mass is 238 g/mol. The molecule has 1 atom stereocenters. The van der Waals surface area contributed by atoms with Gasteiger partial charge in [-0.3, -0.25) is 0 Å². The van der Waals surface area contributed by atoms with Gasteiger partial charge in [-0.25, -0.2) is 0 Å². The molecule has 0 saturated heterocycles. The maximum Gasteiger partial charge on any atom is 0.138 e. The number of carbonyl (C=O) groups excluding carboxylic acids is 1. The van der Waals surface area contributed by atoms with Gasteiger partial charge in [0.1, 0.15) is 11.9 Å². The highest BCUT2D eigenvalue weighted by Crippen LogP contribution is 2.24. The number of halogens is 1. The first kappa shape index (κ1) is 8.51. The minimum Gasteiger partial charge on any atom is -0.464 e. The number of aldehydes is 1. The van der Waals surface area contributed by atoms with Crippen LogP contribution in [0.1, 0.15) is 10.4 Å². The molecule has 0 saturated carbocycles. The summed E-state index contributed by atoms with van der Waals surface area (Å²) in [5, 5.41) is 1.02. The van der Waals surface area contributed by atoms with Crippen LogP contribution in [0.25, 0.3) is 11.0 Å². The van der Waals surface area contributed by atoms with Crippen molar-refractivity contribution in [1.29, 1.82) is 0 Å². The number of hydrogen-bond donors (Lipinski definition) is 0. The standard InChI is InChI=1S/C10H7BrO2/c11-9(6-12)7-1-2-10-8(5-7)3-4-13-10/h1-6,9H. The van der Waals surface area contributed by atoms with Crippen LogP contribution in [0.15, 0.2) is 34.9 Å². The molecule has 2 rings (SSSR count). The van der Waals surface area contributed by atoms with E-state index in [0.29, 0.717) is 0 Å². The summed E-state index contributed by atoms with van der Waals surface area (Å²) in [4.78, 5) is 10.3. The highest BCUT2D eigenvalue weighted by Gasteiger charge is 2.06. The summed E-state index contributed by atoms with van der Waals surface area (Å²) < 4.78 is 5.18. The predicted octanol–water partition coefficient (Wildman–Crippen LogP) is 3.07. The average molecular weight is 239 g/mol. The summed E-state index contributed by atoms with van der Waals surface area (Å²) in [6.45, 7) is 0. The molecule has 0 fully saturated rings. The maximum absolute atomic E-state index is 10.5. The molecule has 0 amide bonds. The Morgan fingerprint density at radius 2 is 2.23 bits per heavy atom. The Kier molecular flexibility index (Phi) is 2.19. The molecule has 0 aliphatic carbocycles. The highest BCUT2D eigenvalue weighted by molar-refractivity contribution is 9.09. The van der Waals surface area contributed by atoms with E-state index in [1.165, 1.54) is 0 Å². The van der Waals surface area contributed by atoms with Gasteiger partial charge in [-0.05, 0) is 23.8 Å². The number of alkyl halides is 1. The van der Waals surface area contributed by atoms with Crippen LogP contribution < -0.4 is 0 Å². The lowest BCUT2D eigenvalue weighted by Gasteiger charge is -2.00. The minimum atomic E-state index is -0.230. The second-order valence-electron chi connectivity index (χ2n) is 2.76. The summed E-state index contributed by atoms with van der Waals surface area (Å²) >= 11 is 3.26. The van der Waals surface area contributed by atoms with Crippen molar-refractivity contribution in [2.24, 2.45) is 0 Å². The van der Waals surface area contributed by atoms with E-state index < -0.39 is 0 Å². The Bertz CT molecular complexity index is 433.